The van der Waals surface area contributed by atoms with Crippen molar-refractivity contribution in [2.45, 2.75) is 45.6 Å². The molecule has 88 valence electrons. The van der Waals surface area contributed by atoms with Gasteiger partial charge in [0.25, 0.3) is 0 Å². The lowest BCUT2D eigenvalue weighted by molar-refractivity contribution is 0.366. The van der Waals surface area contributed by atoms with Crippen LogP contribution in [-0.4, -0.2) is 24.1 Å². The summed E-state index contributed by atoms with van der Waals surface area (Å²) in [5, 5.41) is 3.59. The van der Waals surface area contributed by atoms with Crippen LogP contribution in [0.3, 0.4) is 0 Å². The maximum Gasteiger partial charge on any atom is 0.0107 e. The van der Waals surface area contributed by atoms with E-state index in [-0.39, 0.29) is 0 Å². The average molecular weight is 227 g/mol. The molecular weight excluding hydrogens is 202 g/mol. The molecule has 1 aliphatic rings. The van der Waals surface area contributed by atoms with E-state index in [1.54, 1.807) is 0 Å². The lowest BCUT2D eigenvalue weighted by Crippen LogP contribution is -2.32. The fraction of sp³-hybridized carbons (Fsp3) is 0.846. The Morgan fingerprint density at radius 1 is 1.47 bits per heavy atom. The van der Waals surface area contributed by atoms with E-state index in [9.17, 15) is 0 Å². The van der Waals surface area contributed by atoms with Crippen molar-refractivity contribution in [3.05, 3.63) is 12.2 Å². The molecule has 0 amide bonds. The maximum atomic E-state index is 4.03. The maximum absolute atomic E-state index is 4.03. The summed E-state index contributed by atoms with van der Waals surface area (Å²) in [6, 6.07) is 0.667. The summed E-state index contributed by atoms with van der Waals surface area (Å²) in [5.74, 6) is 3.70. The highest BCUT2D eigenvalue weighted by molar-refractivity contribution is 7.99. The van der Waals surface area contributed by atoms with E-state index >= 15 is 0 Å². The van der Waals surface area contributed by atoms with E-state index in [0.29, 0.717) is 6.04 Å². The summed E-state index contributed by atoms with van der Waals surface area (Å²) in [5.41, 5.74) is 1.31. The van der Waals surface area contributed by atoms with Gasteiger partial charge < -0.3 is 5.32 Å². The number of hydrogen-bond acceptors (Lipinski definition) is 2. The molecule has 0 bridgehead atoms. The summed E-state index contributed by atoms with van der Waals surface area (Å²) in [4.78, 5) is 0. The quantitative estimate of drug-likeness (QED) is 0.697. The van der Waals surface area contributed by atoms with E-state index in [0.717, 1.165) is 18.9 Å². The molecule has 1 heterocycles. The predicted molar refractivity (Wildman–Crippen MR) is 71.6 cm³/mol. The zero-order chi connectivity index (χ0) is 11.1. The summed E-state index contributed by atoms with van der Waals surface area (Å²) in [6.07, 6.45) is 5.34. The molecule has 1 fully saturated rings. The second-order valence-electron chi connectivity index (χ2n) is 4.71. The Balaban J connectivity index is 2.31. The lowest BCUT2D eigenvalue weighted by Gasteiger charge is -2.27. The molecule has 1 aliphatic heterocycles. The van der Waals surface area contributed by atoms with Crippen LogP contribution in [0.15, 0.2) is 12.2 Å². The Hall–Kier alpha value is 0.0500. The van der Waals surface area contributed by atoms with Gasteiger partial charge in [-0.15, -0.1) is 6.58 Å². The molecule has 0 aliphatic carbocycles. The van der Waals surface area contributed by atoms with E-state index in [1.807, 2.05) is 0 Å². The molecule has 0 saturated carbocycles. The van der Waals surface area contributed by atoms with Crippen LogP contribution in [0, 0.1) is 5.92 Å². The molecule has 0 aromatic rings. The molecule has 1 unspecified atom stereocenters. The lowest BCUT2D eigenvalue weighted by atomic mass is 9.91. The highest BCUT2D eigenvalue weighted by Gasteiger charge is 2.18. The molecule has 1 N–H and O–H groups in total. The van der Waals surface area contributed by atoms with Gasteiger partial charge in [-0.25, -0.2) is 0 Å². The first-order valence-electron chi connectivity index (χ1n) is 6.18. The fourth-order valence-corrected chi connectivity index (χ4v) is 3.54. The van der Waals surface area contributed by atoms with Gasteiger partial charge in [0.15, 0.2) is 0 Å². The number of thioether (sulfide) groups is 1. The minimum atomic E-state index is 0.667. The van der Waals surface area contributed by atoms with Crippen molar-refractivity contribution in [1.29, 1.82) is 0 Å². The van der Waals surface area contributed by atoms with Crippen LogP contribution in [0.4, 0.5) is 0 Å². The van der Waals surface area contributed by atoms with Gasteiger partial charge >= 0.3 is 0 Å². The van der Waals surface area contributed by atoms with Crippen LogP contribution in [0.1, 0.15) is 39.5 Å². The van der Waals surface area contributed by atoms with Crippen LogP contribution in [0.5, 0.6) is 0 Å². The highest BCUT2D eigenvalue weighted by Crippen LogP contribution is 2.27. The van der Waals surface area contributed by atoms with Gasteiger partial charge in [0.1, 0.15) is 0 Å². The van der Waals surface area contributed by atoms with E-state index in [1.165, 1.54) is 36.3 Å². The standard InChI is InChI=1S/C13H25NS/c1-4-14-13(9-11(2)3)10-12-5-7-15-8-6-12/h12-14H,2,4-10H2,1,3H3. The van der Waals surface area contributed by atoms with Crippen molar-refractivity contribution in [3.8, 4) is 0 Å². The largest absolute Gasteiger partial charge is 0.314 e. The van der Waals surface area contributed by atoms with E-state index in [4.69, 9.17) is 0 Å². The molecule has 1 saturated heterocycles. The summed E-state index contributed by atoms with van der Waals surface area (Å²) < 4.78 is 0. The third-order valence-electron chi connectivity index (χ3n) is 3.05. The molecule has 0 radical (unpaired) electrons. The molecule has 1 atom stereocenters. The first-order chi connectivity index (χ1) is 7.22. The minimum absolute atomic E-state index is 0.667. The second-order valence-corrected chi connectivity index (χ2v) is 5.93. The van der Waals surface area contributed by atoms with Gasteiger partial charge in [-0.1, -0.05) is 12.5 Å². The molecule has 1 nitrogen and oxygen atoms in total. The van der Waals surface area contributed by atoms with Gasteiger partial charge in [-0.05, 0) is 56.6 Å². The Bertz CT molecular complexity index is 185. The molecule has 0 spiro atoms. The molecule has 15 heavy (non-hydrogen) atoms. The first-order valence-corrected chi connectivity index (χ1v) is 7.33. The second kappa shape index (κ2) is 7.34. The monoisotopic (exact) mass is 227 g/mol. The number of rotatable bonds is 6. The highest BCUT2D eigenvalue weighted by atomic mass is 32.2. The zero-order valence-corrected chi connectivity index (χ0v) is 11.0. The fourth-order valence-electron chi connectivity index (χ4n) is 2.33. The Labute approximate surface area is 99.1 Å². The third-order valence-corrected chi connectivity index (χ3v) is 4.10. The van der Waals surface area contributed by atoms with Crippen LogP contribution >= 0.6 is 11.8 Å². The Morgan fingerprint density at radius 3 is 2.67 bits per heavy atom. The molecule has 2 heteroatoms. The SMILES string of the molecule is C=C(C)CC(CC1CCSCC1)NCC. The van der Waals surface area contributed by atoms with Crippen molar-refractivity contribution in [2.75, 3.05) is 18.1 Å². The third kappa shape index (κ3) is 5.62. The van der Waals surface area contributed by atoms with E-state index < -0.39 is 0 Å². The van der Waals surface area contributed by atoms with Gasteiger partial charge in [0.05, 0.1) is 0 Å². The van der Waals surface area contributed by atoms with Crippen molar-refractivity contribution in [1.82, 2.24) is 5.32 Å². The smallest absolute Gasteiger partial charge is 0.0107 e. The molecule has 0 aromatic heterocycles. The predicted octanol–water partition coefficient (Wildman–Crippen LogP) is 3.46. The number of hydrogen-bond donors (Lipinski definition) is 1. The molecule has 0 aromatic carbocycles. The van der Waals surface area contributed by atoms with Crippen molar-refractivity contribution in [2.24, 2.45) is 5.92 Å². The van der Waals surface area contributed by atoms with Crippen molar-refractivity contribution in [3.63, 3.8) is 0 Å². The van der Waals surface area contributed by atoms with Crippen molar-refractivity contribution >= 4 is 11.8 Å². The summed E-state index contributed by atoms with van der Waals surface area (Å²) >= 11 is 2.12. The first kappa shape index (κ1) is 13.1. The van der Waals surface area contributed by atoms with Gasteiger partial charge in [-0.2, -0.15) is 11.8 Å². The number of nitrogens with one attached hydrogen (secondary N) is 1. The minimum Gasteiger partial charge on any atom is -0.314 e. The van der Waals surface area contributed by atoms with Crippen LogP contribution in [-0.2, 0) is 0 Å². The summed E-state index contributed by atoms with van der Waals surface area (Å²) in [6.45, 7) is 9.45. The van der Waals surface area contributed by atoms with Gasteiger partial charge in [-0.3, -0.25) is 0 Å². The Morgan fingerprint density at radius 2 is 2.13 bits per heavy atom. The topological polar surface area (TPSA) is 12.0 Å². The Kier molecular flexibility index (Phi) is 6.42. The van der Waals surface area contributed by atoms with Crippen LogP contribution in [0.2, 0.25) is 0 Å². The van der Waals surface area contributed by atoms with Gasteiger partial charge in [0, 0.05) is 6.04 Å². The van der Waals surface area contributed by atoms with E-state index in [2.05, 4.69) is 37.5 Å². The summed E-state index contributed by atoms with van der Waals surface area (Å²) in [7, 11) is 0. The average Bonchev–Trinajstić information content (AvgIpc) is 2.18. The van der Waals surface area contributed by atoms with Gasteiger partial charge in [0.2, 0.25) is 0 Å². The molecular formula is C13H25NS. The normalized spacial score (nSPS) is 20.1. The van der Waals surface area contributed by atoms with Crippen LogP contribution < -0.4 is 5.32 Å². The van der Waals surface area contributed by atoms with Crippen LogP contribution in [0.25, 0.3) is 0 Å². The van der Waals surface area contributed by atoms with Crippen molar-refractivity contribution < 1.29 is 0 Å². The molecule has 1 rings (SSSR count). The zero-order valence-electron chi connectivity index (χ0n) is 10.2.